The second-order valence-electron chi connectivity index (χ2n) is 3.94. The van der Waals surface area contributed by atoms with Crippen LogP contribution in [0.4, 0.5) is 5.82 Å². The molecule has 1 aromatic rings. The van der Waals surface area contributed by atoms with Crippen LogP contribution in [0.2, 0.25) is 0 Å². The van der Waals surface area contributed by atoms with Gasteiger partial charge in [0.05, 0.1) is 5.41 Å². The average Bonchev–Trinajstić information content (AvgIpc) is 2.35. The zero-order valence-electron chi connectivity index (χ0n) is 7.51. The van der Waals surface area contributed by atoms with Gasteiger partial charge in [0, 0.05) is 16.2 Å². The second-order valence-corrected chi connectivity index (χ2v) is 4.86. The Morgan fingerprint density at radius 3 is 2.93 bits per heavy atom. The molecular formula is C10H9BrN2O. The fourth-order valence-electron chi connectivity index (χ4n) is 2.28. The number of carbonyl (C=O) groups excluding carboxylic acids is 1. The molecule has 3 rings (SSSR count). The first-order valence-electron chi connectivity index (χ1n) is 4.70. The number of anilines is 1. The van der Waals surface area contributed by atoms with E-state index in [1.54, 1.807) is 6.20 Å². The van der Waals surface area contributed by atoms with Gasteiger partial charge in [0.25, 0.3) is 0 Å². The molecule has 0 saturated heterocycles. The molecule has 14 heavy (non-hydrogen) atoms. The van der Waals surface area contributed by atoms with Crippen molar-refractivity contribution in [2.75, 3.05) is 5.32 Å². The first-order valence-corrected chi connectivity index (χ1v) is 5.49. The Morgan fingerprint density at radius 1 is 1.50 bits per heavy atom. The Hall–Kier alpha value is -0.900. The van der Waals surface area contributed by atoms with Gasteiger partial charge in [-0.25, -0.2) is 4.98 Å². The van der Waals surface area contributed by atoms with E-state index in [-0.39, 0.29) is 11.3 Å². The normalized spacial score (nSPS) is 21.6. The summed E-state index contributed by atoms with van der Waals surface area (Å²) in [6, 6.07) is 2.01. The highest BCUT2D eigenvalue weighted by atomic mass is 79.9. The van der Waals surface area contributed by atoms with Crippen molar-refractivity contribution in [1.29, 1.82) is 0 Å². The molecule has 1 aliphatic carbocycles. The summed E-state index contributed by atoms with van der Waals surface area (Å²) >= 11 is 3.39. The van der Waals surface area contributed by atoms with Crippen LogP contribution in [0.1, 0.15) is 24.8 Å². The minimum absolute atomic E-state index is 0.129. The highest BCUT2D eigenvalue weighted by Crippen LogP contribution is 2.50. The molecule has 0 atom stereocenters. The summed E-state index contributed by atoms with van der Waals surface area (Å²) in [7, 11) is 0. The smallest absolute Gasteiger partial charge is 0.236 e. The molecule has 3 nitrogen and oxygen atoms in total. The molecule has 1 amide bonds. The topological polar surface area (TPSA) is 42.0 Å². The van der Waals surface area contributed by atoms with Gasteiger partial charge in [0.15, 0.2) is 0 Å². The summed E-state index contributed by atoms with van der Waals surface area (Å²) < 4.78 is 0.944. The van der Waals surface area contributed by atoms with E-state index in [1.807, 2.05) is 6.07 Å². The average molecular weight is 253 g/mol. The summed E-state index contributed by atoms with van der Waals surface area (Å²) in [4.78, 5) is 16.0. The van der Waals surface area contributed by atoms with Crippen LogP contribution in [0.5, 0.6) is 0 Å². The van der Waals surface area contributed by atoms with Crippen molar-refractivity contribution in [3.63, 3.8) is 0 Å². The molecule has 2 heterocycles. The highest BCUT2D eigenvalue weighted by Gasteiger charge is 2.51. The molecule has 1 aromatic heterocycles. The van der Waals surface area contributed by atoms with Gasteiger partial charge in [0.1, 0.15) is 5.82 Å². The summed E-state index contributed by atoms with van der Waals surface area (Å²) in [5.74, 6) is 0.877. The standard InChI is InChI=1S/C10H9BrN2O/c11-6-4-7-8(12-5-6)13-9(14)10(7)2-1-3-10/h4-5H,1-3H2,(H,12,13,14). The maximum absolute atomic E-state index is 11.8. The minimum Gasteiger partial charge on any atom is -0.310 e. The number of nitrogens with one attached hydrogen (secondary N) is 1. The second kappa shape index (κ2) is 2.57. The lowest BCUT2D eigenvalue weighted by Gasteiger charge is -2.35. The van der Waals surface area contributed by atoms with E-state index >= 15 is 0 Å². The van der Waals surface area contributed by atoms with Crippen molar-refractivity contribution in [3.8, 4) is 0 Å². The number of hydrogen-bond acceptors (Lipinski definition) is 2. The van der Waals surface area contributed by atoms with E-state index in [0.717, 1.165) is 35.1 Å². The zero-order valence-corrected chi connectivity index (χ0v) is 9.10. The molecule has 0 bridgehead atoms. The number of aromatic nitrogens is 1. The van der Waals surface area contributed by atoms with Crippen molar-refractivity contribution in [2.24, 2.45) is 0 Å². The van der Waals surface area contributed by atoms with Crippen LogP contribution in [-0.4, -0.2) is 10.9 Å². The lowest BCUT2D eigenvalue weighted by atomic mass is 9.65. The number of rotatable bonds is 0. The third kappa shape index (κ3) is 0.869. The van der Waals surface area contributed by atoms with Crippen molar-refractivity contribution < 1.29 is 4.79 Å². The lowest BCUT2D eigenvalue weighted by molar-refractivity contribution is -0.123. The summed E-state index contributed by atoms with van der Waals surface area (Å²) in [5.41, 5.74) is 0.828. The molecule has 72 valence electrons. The predicted molar refractivity (Wildman–Crippen MR) is 56.1 cm³/mol. The molecule has 1 saturated carbocycles. The van der Waals surface area contributed by atoms with Gasteiger partial charge in [-0.2, -0.15) is 0 Å². The van der Waals surface area contributed by atoms with Gasteiger partial charge < -0.3 is 5.32 Å². The molecular weight excluding hydrogens is 244 g/mol. The molecule has 2 aliphatic rings. The number of nitrogens with zero attached hydrogens (tertiary/aromatic N) is 1. The Bertz CT molecular complexity index is 426. The van der Waals surface area contributed by atoms with Crippen molar-refractivity contribution in [3.05, 3.63) is 22.3 Å². The maximum Gasteiger partial charge on any atom is 0.236 e. The van der Waals surface area contributed by atoms with Crippen LogP contribution in [-0.2, 0) is 10.2 Å². The Balaban J connectivity index is 2.20. The first kappa shape index (κ1) is 8.41. The fraction of sp³-hybridized carbons (Fsp3) is 0.400. The molecule has 4 heteroatoms. The number of halogens is 1. The van der Waals surface area contributed by atoms with Crippen LogP contribution in [0, 0.1) is 0 Å². The molecule has 0 radical (unpaired) electrons. The van der Waals surface area contributed by atoms with Gasteiger partial charge in [-0.05, 0) is 34.8 Å². The van der Waals surface area contributed by atoms with Crippen LogP contribution in [0.15, 0.2) is 16.7 Å². The van der Waals surface area contributed by atoms with Crippen LogP contribution in [0.3, 0.4) is 0 Å². The Kier molecular flexibility index (Phi) is 1.54. The number of carbonyl (C=O) groups is 1. The van der Waals surface area contributed by atoms with E-state index in [2.05, 4.69) is 26.2 Å². The predicted octanol–water partition coefficient (Wildman–Crippen LogP) is 2.22. The van der Waals surface area contributed by atoms with Crippen LogP contribution in [0.25, 0.3) is 0 Å². The summed E-state index contributed by atoms with van der Waals surface area (Å²) in [5, 5.41) is 2.85. The van der Waals surface area contributed by atoms with Crippen LogP contribution < -0.4 is 5.32 Å². The molecule has 1 spiro atoms. The first-order chi connectivity index (χ1) is 6.72. The highest BCUT2D eigenvalue weighted by molar-refractivity contribution is 9.10. The van der Waals surface area contributed by atoms with Crippen LogP contribution >= 0.6 is 15.9 Å². The lowest BCUT2D eigenvalue weighted by Crippen LogP contribution is -2.40. The Labute approximate surface area is 90.0 Å². The van der Waals surface area contributed by atoms with Crippen molar-refractivity contribution in [1.82, 2.24) is 4.98 Å². The van der Waals surface area contributed by atoms with E-state index in [0.29, 0.717) is 0 Å². The van der Waals surface area contributed by atoms with Crippen molar-refractivity contribution >= 4 is 27.7 Å². The van der Waals surface area contributed by atoms with Gasteiger partial charge in [-0.3, -0.25) is 4.79 Å². The van der Waals surface area contributed by atoms with Gasteiger partial charge >= 0.3 is 0 Å². The van der Waals surface area contributed by atoms with E-state index in [9.17, 15) is 4.79 Å². The zero-order chi connectivity index (χ0) is 9.76. The molecule has 1 fully saturated rings. The third-order valence-corrected chi connectivity index (χ3v) is 3.68. The van der Waals surface area contributed by atoms with Crippen molar-refractivity contribution in [2.45, 2.75) is 24.7 Å². The maximum atomic E-state index is 11.8. The monoisotopic (exact) mass is 252 g/mol. The number of hydrogen-bond donors (Lipinski definition) is 1. The number of pyridine rings is 1. The van der Waals surface area contributed by atoms with E-state index in [1.165, 1.54) is 0 Å². The number of fused-ring (bicyclic) bond motifs is 2. The number of amides is 1. The quantitative estimate of drug-likeness (QED) is 0.770. The van der Waals surface area contributed by atoms with E-state index < -0.39 is 0 Å². The summed E-state index contributed by atoms with van der Waals surface area (Å²) in [6.07, 6.45) is 4.78. The fourth-order valence-corrected chi connectivity index (χ4v) is 2.61. The third-order valence-electron chi connectivity index (χ3n) is 3.24. The summed E-state index contributed by atoms with van der Waals surface area (Å²) in [6.45, 7) is 0. The minimum atomic E-state index is -0.244. The van der Waals surface area contributed by atoms with E-state index in [4.69, 9.17) is 0 Å². The van der Waals surface area contributed by atoms with Gasteiger partial charge in [-0.1, -0.05) is 6.42 Å². The SMILES string of the molecule is O=C1Nc2ncc(Br)cc2C12CCC2. The molecule has 0 unspecified atom stereocenters. The largest absolute Gasteiger partial charge is 0.310 e. The molecule has 1 N–H and O–H groups in total. The van der Waals surface area contributed by atoms with Gasteiger partial charge in [-0.15, -0.1) is 0 Å². The van der Waals surface area contributed by atoms with Gasteiger partial charge in [0.2, 0.25) is 5.91 Å². The molecule has 1 aliphatic heterocycles. The molecule has 0 aromatic carbocycles. The Morgan fingerprint density at radius 2 is 2.29 bits per heavy atom.